The fourth-order valence-electron chi connectivity index (χ4n) is 6.78. The van der Waals surface area contributed by atoms with Crippen molar-refractivity contribution in [3.8, 4) is 5.75 Å². The van der Waals surface area contributed by atoms with Crippen LogP contribution in [0.2, 0.25) is 0 Å². The first-order chi connectivity index (χ1) is 20.1. The fraction of sp³-hybridized carbons (Fsp3) is 0.147. The predicted molar refractivity (Wildman–Crippen MR) is 159 cm³/mol. The Morgan fingerprint density at radius 1 is 0.976 bits per heavy atom. The van der Waals surface area contributed by atoms with Gasteiger partial charge in [0.05, 0.1) is 16.8 Å². The first-order valence-corrected chi connectivity index (χ1v) is 14.3. The normalized spacial score (nSPS) is 23.5. The van der Waals surface area contributed by atoms with E-state index in [1.54, 1.807) is 36.4 Å². The molecule has 1 N–H and O–H groups in total. The number of nitrogens with zero attached hydrogens (tertiary/aromatic N) is 1. The zero-order valence-electron chi connectivity index (χ0n) is 22.0. The number of fused-ring (bicyclic) bond motifs is 6. The van der Waals surface area contributed by atoms with E-state index in [9.17, 15) is 14.4 Å². The lowest BCUT2D eigenvalue weighted by Crippen LogP contribution is -2.49. The van der Waals surface area contributed by atoms with Crippen molar-refractivity contribution in [3.05, 3.63) is 136 Å². The lowest BCUT2D eigenvalue weighted by Gasteiger charge is -2.38. The van der Waals surface area contributed by atoms with Gasteiger partial charge >= 0.3 is 0 Å². The summed E-state index contributed by atoms with van der Waals surface area (Å²) in [5, 5.41) is 4.93. The van der Waals surface area contributed by atoms with Crippen molar-refractivity contribution >= 4 is 40.6 Å². The number of rotatable bonds is 7. The van der Waals surface area contributed by atoms with Crippen molar-refractivity contribution in [1.82, 2.24) is 4.90 Å². The Bertz CT molecular complexity index is 1730. The monoisotopic (exact) mass is 558 g/mol. The van der Waals surface area contributed by atoms with Crippen molar-refractivity contribution in [2.75, 3.05) is 11.9 Å². The van der Waals surface area contributed by atoms with E-state index in [0.717, 1.165) is 16.7 Å². The first-order valence-electron chi connectivity index (χ1n) is 13.5. The van der Waals surface area contributed by atoms with Gasteiger partial charge in [-0.05, 0) is 64.5 Å². The van der Waals surface area contributed by atoms with E-state index in [1.807, 2.05) is 77.2 Å². The van der Waals surface area contributed by atoms with Gasteiger partial charge in [0.2, 0.25) is 5.91 Å². The minimum absolute atomic E-state index is 0.174. The number of hydrogen-bond donors (Lipinski definition) is 1. The zero-order chi connectivity index (χ0) is 28.1. The summed E-state index contributed by atoms with van der Waals surface area (Å²) in [6.07, 6.45) is 5.50. The Balaban J connectivity index is 1.48. The lowest BCUT2D eigenvalue weighted by molar-refractivity contribution is -0.122. The summed E-state index contributed by atoms with van der Waals surface area (Å²) >= 11 is 1.34. The third-order valence-electron chi connectivity index (χ3n) is 8.39. The second-order valence-electron chi connectivity index (χ2n) is 10.4. The molecule has 3 aliphatic heterocycles. The van der Waals surface area contributed by atoms with E-state index < -0.39 is 23.4 Å². The molecule has 4 heterocycles. The predicted octanol–water partition coefficient (Wildman–Crippen LogP) is 6.29. The molecule has 1 saturated heterocycles. The van der Waals surface area contributed by atoms with E-state index in [-0.39, 0.29) is 17.5 Å². The van der Waals surface area contributed by atoms with Gasteiger partial charge in [0, 0.05) is 17.5 Å². The molecule has 3 aromatic carbocycles. The largest absolute Gasteiger partial charge is 0.490 e. The van der Waals surface area contributed by atoms with E-state index in [0.29, 0.717) is 28.5 Å². The smallest absolute Gasteiger partial charge is 0.238 e. The quantitative estimate of drug-likeness (QED) is 0.213. The van der Waals surface area contributed by atoms with E-state index in [1.165, 1.54) is 11.3 Å². The van der Waals surface area contributed by atoms with Crippen molar-refractivity contribution < 1.29 is 19.1 Å². The minimum Gasteiger partial charge on any atom is -0.490 e. The van der Waals surface area contributed by atoms with Crippen LogP contribution < -0.4 is 10.1 Å². The van der Waals surface area contributed by atoms with Crippen molar-refractivity contribution in [2.24, 2.45) is 5.92 Å². The molecule has 41 heavy (non-hydrogen) atoms. The van der Waals surface area contributed by atoms with Crippen LogP contribution in [0.25, 0.3) is 6.08 Å². The van der Waals surface area contributed by atoms with Crippen molar-refractivity contribution in [2.45, 2.75) is 17.5 Å². The highest BCUT2D eigenvalue weighted by Gasteiger charge is 2.70. The van der Waals surface area contributed by atoms with Crippen LogP contribution in [-0.2, 0) is 10.2 Å². The summed E-state index contributed by atoms with van der Waals surface area (Å²) in [6, 6.07) is 24.5. The number of Topliss-reactive ketones (excluding diaryl/α,β-unsaturated/α-hetero) is 2. The number of anilines is 1. The molecule has 1 amide bonds. The number of thiophene rings is 1. The summed E-state index contributed by atoms with van der Waals surface area (Å²) in [5.41, 5.74) is 2.34. The van der Waals surface area contributed by atoms with Gasteiger partial charge in [-0.1, -0.05) is 61.2 Å². The summed E-state index contributed by atoms with van der Waals surface area (Å²) in [6.45, 7) is 4.02. The molecule has 0 aliphatic carbocycles. The van der Waals surface area contributed by atoms with Gasteiger partial charge in [-0.25, -0.2) is 0 Å². The van der Waals surface area contributed by atoms with E-state index >= 15 is 0 Å². The summed E-state index contributed by atoms with van der Waals surface area (Å²) < 4.78 is 5.63. The van der Waals surface area contributed by atoms with E-state index in [4.69, 9.17) is 4.74 Å². The number of ether oxygens (including phenoxy) is 1. The van der Waals surface area contributed by atoms with Crippen LogP contribution in [0.4, 0.5) is 5.69 Å². The average molecular weight is 559 g/mol. The van der Waals surface area contributed by atoms with Crippen molar-refractivity contribution in [1.29, 1.82) is 0 Å². The maximum atomic E-state index is 14.8. The molecular weight excluding hydrogens is 532 g/mol. The molecule has 3 aliphatic rings. The average Bonchev–Trinajstić information content (AvgIpc) is 3.72. The maximum absolute atomic E-state index is 14.8. The molecule has 1 spiro atoms. The molecule has 1 aromatic heterocycles. The van der Waals surface area contributed by atoms with Crippen molar-refractivity contribution in [3.63, 3.8) is 0 Å². The van der Waals surface area contributed by atoms with Gasteiger partial charge in [-0.2, -0.15) is 0 Å². The van der Waals surface area contributed by atoms with Crippen LogP contribution in [0.15, 0.2) is 109 Å². The van der Waals surface area contributed by atoms with E-state index in [2.05, 4.69) is 11.9 Å². The van der Waals surface area contributed by atoms with Crippen LogP contribution in [0.3, 0.4) is 0 Å². The second-order valence-corrected chi connectivity index (χ2v) is 11.4. The number of nitrogens with one attached hydrogen (secondary N) is 1. The maximum Gasteiger partial charge on any atom is 0.238 e. The molecule has 0 unspecified atom stereocenters. The number of benzene rings is 3. The first kappa shape index (κ1) is 25.2. The molecule has 202 valence electrons. The molecule has 1 fully saturated rings. The van der Waals surface area contributed by atoms with Gasteiger partial charge in [0.15, 0.2) is 11.6 Å². The lowest BCUT2D eigenvalue weighted by atomic mass is 9.63. The standard InChI is InChI=1S/C34H26N2O4S/c1-2-19-40-23-15-13-22(14-16-23)30(37)28-29(31(38)27-12-7-20-41-27)36-18-17-21-8-3-4-9-24(21)32(36)34(28)25-10-5-6-11-26(25)35-33(34)39/h2-18,20,28-29,32H,1,19H2,(H,35,39)/t28-,29-,32+,34+/m0/s1. The van der Waals surface area contributed by atoms with Gasteiger partial charge in [-0.3, -0.25) is 14.4 Å². The van der Waals surface area contributed by atoms with Crippen LogP contribution in [0.5, 0.6) is 5.75 Å². The third kappa shape index (κ3) is 3.66. The number of carbonyl (C=O) groups excluding carboxylic acids is 3. The molecule has 7 rings (SSSR count). The van der Waals surface area contributed by atoms with Gasteiger partial charge < -0.3 is 15.0 Å². The number of hydrogen-bond acceptors (Lipinski definition) is 6. The van der Waals surface area contributed by atoms with Crippen LogP contribution in [0.1, 0.15) is 42.8 Å². The Hall–Kier alpha value is -4.75. The molecular formula is C34H26N2O4S. The highest BCUT2D eigenvalue weighted by atomic mass is 32.1. The highest BCUT2D eigenvalue weighted by Crippen LogP contribution is 2.62. The SMILES string of the molecule is C=CCOc1ccc(C(=O)[C@@H]2[C@@H](C(=O)c3cccs3)N3C=Cc4ccccc4[C@@H]3[C@]23C(=O)Nc2ccccc23)cc1. The number of ketones is 2. The Morgan fingerprint density at radius 2 is 1.76 bits per heavy atom. The summed E-state index contributed by atoms with van der Waals surface area (Å²) in [7, 11) is 0. The van der Waals surface area contributed by atoms with Gasteiger partial charge in [0.25, 0.3) is 0 Å². The second kappa shape index (κ2) is 9.71. The molecule has 0 saturated carbocycles. The number of carbonyl (C=O) groups is 3. The van der Waals surface area contributed by atoms with Gasteiger partial charge in [0.1, 0.15) is 23.8 Å². The summed E-state index contributed by atoms with van der Waals surface area (Å²) in [5.74, 6) is -1.10. The van der Waals surface area contributed by atoms with Crippen LogP contribution >= 0.6 is 11.3 Å². The Kier molecular flexibility index (Phi) is 5.98. The fourth-order valence-corrected chi connectivity index (χ4v) is 7.48. The molecule has 4 atom stereocenters. The topological polar surface area (TPSA) is 75.7 Å². The molecule has 7 heteroatoms. The van der Waals surface area contributed by atoms with Gasteiger partial charge in [-0.15, -0.1) is 11.3 Å². The number of para-hydroxylation sites is 1. The Labute approximate surface area is 241 Å². The van der Waals surface area contributed by atoms with Crippen LogP contribution in [0, 0.1) is 5.92 Å². The Morgan fingerprint density at radius 3 is 2.54 bits per heavy atom. The molecule has 0 radical (unpaired) electrons. The third-order valence-corrected chi connectivity index (χ3v) is 9.28. The zero-order valence-corrected chi connectivity index (χ0v) is 22.8. The minimum atomic E-state index is -1.34. The number of amides is 1. The van der Waals surface area contributed by atoms with Crippen LogP contribution in [-0.4, -0.2) is 35.0 Å². The molecule has 0 bridgehead atoms. The molecule has 4 aromatic rings. The summed E-state index contributed by atoms with van der Waals surface area (Å²) in [4.78, 5) is 46.1. The molecule has 6 nitrogen and oxygen atoms in total. The highest BCUT2D eigenvalue weighted by molar-refractivity contribution is 7.12.